The Morgan fingerprint density at radius 2 is 2.23 bits per heavy atom. The van der Waals surface area contributed by atoms with Gasteiger partial charge in [-0.1, -0.05) is 0 Å². The first-order valence-corrected chi connectivity index (χ1v) is 8.79. The Balaban J connectivity index is 1.62. The Labute approximate surface area is 152 Å². The lowest BCUT2D eigenvalue weighted by Gasteiger charge is -2.34. The molecule has 1 fully saturated rings. The molecule has 3 rings (SSSR count). The largest absolute Gasteiger partial charge is 0.374 e. The fourth-order valence-electron chi connectivity index (χ4n) is 3.09. The van der Waals surface area contributed by atoms with E-state index < -0.39 is 0 Å². The maximum Gasteiger partial charge on any atom is 0.293 e. The van der Waals surface area contributed by atoms with Crippen LogP contribution in [0.4, 0.5) is 5.82 Å². The van der Waals surface area contributed by atoms with E-state index in [1.165, 1.54) is 4.57 Å². The van der Waals surface area contributed by atoms with E-state index in [0.29, 0.717) is 25.5 Å². The van der Waals surface area contributed by atoms with Gasteiger partial charge in [0.05, 0.1) is 25.3 Å². The predicted molar refractivity (Wildman–Crippen MR) is 96.0 cm³/mol. The molecular formula is C16H26N8O2. The van der Waals surface area contributed by atoms with Gasteiger partial charge in [0.2, 0.25) is 0 Å². The van der Waals surface area contributed by atoms with E-state index in [0.717, 1.165) is 18.9 Å². The molecule has 1 aliphatic rings. The van der Waals surface area contributed by atoms with Crippen LogP contribution in [0.1, 0.15) is 25.7 Å². The van der Waals surface area contributed by atoms with Crippen molar-refractivity contribution in [3.8, 4) is 0 Å². The molecule has 0 amide bonds. The van der Waals surface area contributed by atoms with E-state index >= 15 is 0 Å². The lowest BCUT2D eigenvalue weighted by atomic mass is 10.2. The van der Waals surface area contributed by atoms with Gasteiger partial charge in [0, 0.05) is 46.1 Å². The van der Waals surface area contributed by atoms with Gasteiger partial charge in [0.15, 0.2) is 11.6 Å². The monoisotopic (exact) mass is 362 g/mol. The minimum Gasteiger partial charge on any atom is -0.374 e. The number of hydrogen-bond acceptors (Lipinski definition) is 8. The fraction of sp³-hybridized carbons (Fsp3) is 0.688. The molecule has 1 atom stereocenters. The molecule has 0 aromatic carbocycles. The molecular weight excluding hydrogens is 336 g/mol. The van der Waals surface area contributed by atoms with Crippen molar-refractivity contribution in [1.82, 2.24) is 34.7 Å². The molecule has 0 N–H and O–H groups in total. The molecule has 26 heavy (non-hydrogen) atoms. The molecule has 0 aliphatic carbocycles. The van der Waals surface area contributed by atoms with Crippen LogP contribution < -0.4 is 10.5 Å². The van der Waals surface area contributed by atoms with Gasteiger partial charge in [-0.3, -0.25) is 9.69 Å². The average Bonchev–Trinajstić information content (AvgIpc) is 3.06. The number of ether oxygens (including phenoxy) is 1. The summed E-state index contributed by atoms with van der Waals surface area (Å²) in [5, 5.41) is 12.0. The molecule has 0 bridgehead atoms. The maximum absolute atomic E-state index is 12.2. The zero-order valence-corrected chi connectivity index (χ0v) is 15.7. The van der Waals surface area contributed by atoms with Gasteiger partial charge in [0.1, 0.15) is 0 Å². The summed E-state index contributed by atoms with van der Waals surface area (Å²) in [4.78, 5) is 20.6. The summed E-state index contributed by atoms with van der Waals surface area (Å²) in [6.45, 7) is 7.62. The highest BCUT2D eigenvalue weighted by Gasteiger charge is 2.24. The van der Waals surface area contributed by atoms with Crippen molar-refractivity contribution < 1.29 is 4.74 Å². The summed E-state index contributed by atoms with van der Waals surface area (Å²) in [6.07, 6.45) is 3.27. The lowest BCUT2D eigenvalue weighted by Crippen LogP contribution is -2.47. The van der Waals surface area contributed by atoms with Crippen molar-refractivity contribution in [2.45, 2.75) is 32.5 Å². The second-order valence-electron chi connectivity index (χ2n) is 6.91. The Kier molecular flexibility index (Phi) is 5.62. The van der Waals surface area contributed by atoms with Crippen LogP contribution in [0.3, 0.4) is 0 Å². The van der Waals surface area contributed by atoms with Crippen molar-refractivity contribution in [1.29, 1.82) is 0 Å². The topological polar surface area (TPSA) is 94.2 Å². The minimum absolute atomic E-state index is 0.0103. The first-order chi connectivity index (χ1) is 12.5. The van der Waals surface area contributed by atoms with E-state index in [4.69, 9.17) is 4.74 Å². The minimum atomic E-state index is -0.112. The zero-order chi connectivity index (χ0) is 18.7. The molecule has 0 spiro atoms. The summed E-state index contributed by atoms with van der Waals surface area (Å²) in [6, 6.07) is 0.225. The van der Waals surface area contributed by atoms with Crippen LogP contribution in [0.15, 0.2) is 17.2 Å². The highest BCUT2D eigenvalue weighted by Crippen LogP contribution is 2.13. The van der Waals surface area contributed by atoms with E-state index in [1.807, 2.05) is 16.6 Å². The molecule has 2 aromatic rings. The number of anilines is 1. The standard InChI is InChI=1S/C16H26N8O2/c1-12(2)24-14(18-19-20-24)11-23-7-8-26-13(10-23)9-22(4)15-16(25)21(3)6-5-17-15/h5-6,12-13H,7-11H2,1-4H3/t13-/m1/s1. The van der Waals surface area contributed by atoms with E-state index in [-0.39, 0.29) is 17.7 Å². The Bertz CT molecular complexity index is 787. The molecule has 0 radical (unpaired) electrons. The number of likely N-dealkylation sites (N-methyl/N-ethyl adjacent to an activating group) is 1. The second kappa shape index (κ2) is 7.92. The number of rotatable bonds is 6. The highest BCUT2D eigenvalue weighted by atomic mass is 16.5. The van der Waals surface area contributed by atoms with Gasteiger partial charge < -0.3 is 14.2 Å². The Morgan fingerprint density at radius 3 is 3.00 bits per heavy atom. The molecule has 0 unspecified atom stereocenters. The first kappa shape index (κ1) is 18.5. The van der Waals surface area contributed by atoms with Crippen LogP contribution in [0.2, 0.25) is 0 Å². The fourth-order valence-corrected chi connectivity index (χ4v) is 3.09. The van der Waals surface area contributed by atoms with Crippen molar-refractivity contribution >= 4 is 5.82 Å². The Hall–Kier alpha value is -2.33. The summed E-state index contributed by atoms with van der Waals surface area (Å²) < 4.78 is 9.26. The van der Waals surface area contributed by atoms with Crippen LogP contribution in [0, 0.1) is 0 Å². The third-order valence-electron chi connectivity index (χ3n) is 4.48. The van der Waals surface area contributed by atoms with Gasteiger partial charge in [0.25, 0.3) is 5.56 Å². The van der Waals surface area contributed by atoms with Gasteiger partial charge in [-0.15, -0.1) is 5.10 Å². The molecule has 2 aromatic heterocycles. The highest BCUT2D eigenvalue weighted by molar-refractivity contribution is 5.34. The third-order valence-corrected chi connectivity index (χ3v) is 4.48. The quantitative estimate of drug-likeness (QED) is 0.690. The predicted octanol–water partition coefficient (Wildman–Crippen LogP) is -0.315. The van der Waals surface area contributed by atoms with Crippen molar-refractivity contribution in [2.24, 2.45) is 7.05 Å². The van der Waals surface area contributed by atoms with Crippen LogP contribution in [0.25, 0.3) is 0 Å². The van der Waals surface area contributed by atoms with E-state index in [2.05, 4.69) is 39.3 Å². The van der Waals surface area contributed by atoms with Gasteiger partial charge in [-0.25, -0.2) is 9.67 Å². The normalized spacial score (nSPS) is 18.4. The summed E-state index contributed by atoms with van der Waals surface area (Å²) in [5.74, 6) is 1.28. The molecule has 1 saturated heterocycles. The van der Waals surface area contributed by atoms with Crippen LogP contribution >= 0.6 is 0 Å². The second-order valence-corrected chi connectivity index (χ2v) is 6.91. The maximum atomic E-state index is 12.2. The number of aromatic nitrogens is 6. The zero-order valence-electron chi connectivity index (χ0n) is 15.7. The van der Waals surface area contributed by atoms with E-state index in [9.17, 15) is 4.79 Å². The number of hydrogen-bond donors (Lipinski definition) is 0. The summed E-state index contributed by atoms with van der Waals surface area (Å²) in [7, 11) is 3.59. The number of aryl methyl sites for hydroxylation is 1. The molecule has 0 saturated carbocycles. The summed E-state index contributed by atoms with van der Waals surface area (Å²) >= 11 is 0. The van der Waals surface area contributed by atoms with E-state index in [1.54, 1.807) is 19.4 Å². The SMILES string of the molecule is CC(C)n1nnnc1CN1CCO[C@H](CN(C)c2nccn(C)c2=O)C1. The molecule has 1 aliphatic heterocycles. The molecule has 3 heterocycles. The van der Waals surface area contributed by atoms with Crippen molar-refractivity contribution in [3.63, 3.8) is 0 Å². The summed E-state index contributed by atoms with van der Waals surface area (Å²) in [5.41, 5.74) is -0.112. The number of nitrogens with zero attached hydrogens (tertiary/aromatic N) is 8. The first-order valence-electron chi connectivity index (χ1n) is 8.79. The van der Waals surface area contributed by atoms with Crippen molar-refractivity contribution in [2.75, 3.05) is 38.2 Å². The third kappa shape index (κ3) is 4.07. The van der Waals surface area contributed by atoms with Gasteiger partial charge >= 0.3 is 0 Å². The average molecular weight is 362 g/mol. The van der Waals surface area contributed by atoms with Crippen LogP contribution in [0.5, 0.6) is 0 Å². The Morgan fingerprint density at radius 1 is 1.42 bits per heavy atom. The number of morpholine rings is 1. The van der Waals surface area contributed by atoms with Crippen LogP contribution in [-0.2, 0) is 18.3 Å². The molecule has 142 valence electrons. The lowest BCUT2D eigenvalue weighted by molar-refractivity contribution is -0.0277. The van der Waals surface area contributed by atoms with Gasteiger partial charge in [-0.05, 0) is 24.3 Å². The molecule has 10 nitrogen and oxygen atoms in total. The molecule has 10 heteroatoms. The smallest absolute Gasteiger partial charge is 0.293 e. The number of tetrazole rings is 1. The van der Waals surface area contributed by atoms with Crippen LogP contribution in [-0.4, -0.2) is 74.1 Å². The van der Waals surface area contributed by atoms with Crippen molar-refractivity contribution in [3.05, 3.63) is 28.6 Å². The van der Waals surface area contributed by atoms with Gasteiger partial charge in [-0.2, -0.15) is 0 Å².